The Balaban J connectivity index is 2.46. The summed E-state index contributed by atoms with van der Waals surface area (Å²) in [5.41, 5.74) is 0. The third-order valence-corrected chi connectivity index (χ3v) is 2.60. The smallest absolute Gasteiger partial charge is 0.319 e. The first-order valence-corrected chi connectivity index (χ1v) is 4.71. The van der Waals surface area contributed by atoms with Crippen LogP contribution in [0, 0.1) is 0 Å². The molecule has 0 saturated carbocycles. The predicted octanol–water partition coefficient (Wildman–Crippen LogP) is 0.0600. The van der Waals surface area contributed by atoms with Crippen molar-refractivity contribution in [2.24, 2.45) is 0 Å². The van der Waals surface area contributed by atoms with E-state index in [9.17, 15) is 4.79 Å². The van der Waals surface area contributed by atoms with Gasteiger partial charge in [0, 0.05) is 14.1 Å². The minimum Gasteiger partial charge on any atom is -0.331 e. The maximum Gasteiger partial charge on any atom is 0.319 e. The van der Waals surface area contributed by atoms with Crippen molar-refractivity contribution in [2.45, 2.75) is 0 Å². The molecule has 0 spiro atoms. The van der Waals surface area contributed by atoms with Crippen molar-refractivity contribution in [3.63, 3.8) is 0 Å². The second kappa shape index (κ2) is 3.54. The summed E-state index contributed by atoms with van der Waals surface area (Å²) in [6, 6.07) is 0.139. The number of rotatable bonds is 0. The molecule has 2 amide bonds. The number of urea groups is 1. The first-order valence-electron chi connectivity index (χ1n) is 4.71. The lowest BCUT2D eigenvalue weighted by molar-refractivity contribution is -0.894. The molecular weight excluding hydrogens is 166 g/mol. The van der Waals surface area contributed by atoms with E-state index in [1.165, 1.54) is 0 Å². The Bertz CT molecular complexity index is 191. The lowest BCUT2D eigenvalue weighted by atomic mass is 10.3. The zero-order valence-corrected chi connectivity index (χ0v) is 9.08. The van der Waals surface area contributed by atoms with E-state index in [2.05, 4.69) is 14.1 Å². The van der Waals surface area contributed by atoms with E-state index in [1.807, 2.05) is 4.90 Å². The third kappa shape index (κ3) is 2.59. The van der Waals surface area contributed by atoms with Crippen LogP contribution < -0.4 is 0 Å². The largest absolute Gasteiger partial charge is 0.331 e. The minimum absolute atomic E-state index is 0.139. The summed E-state index contributed by atoms with van der Waals surface area (Å²) in [6.07, 6.45) is 0. The van der Waals surface area contributed by atoms with Gasteiger partial charge < -0.3 is 14.3 Å². The van der Waals surface area contributed by atoms with Gasteiger partial charge in [0.15, 0.2) is 0 Å². The van der Waals surface area contributed by atoms with Gasteiger partial charge in [0.1, 0.15) is 0 Å². The summed E-state index contributed by atoms with van der Waals surface area (Å²) in [5, 5.41) is 0. The van der Waals surface area contributed by atoms with Crippen molar-refractivity contribution in [3.8, 4) is 0 Å². The molecule has 1 fully saturated rings. The molecule has 76 valence electrons. The number of quaternary nitrogens is 1. The van der Waals surface area contributed by atoms with Crippen LogP contribution in [0.15, 0.2) is 0 Å². The Hall–Kier alpha value is -0.770. The number of hydrogen-bond donors (Lipinski definition) is 0. The lowest BCUT2D eigenvalue weighted by Crippen LogP contribution is -2.57. The number of carbonyl (C=O) groups excluding carboxylic acids is 1. The standard InChI is InChI=1S/C9H20N3O/c1-10(2)9(13)11-5-7-12(3,4)8-6-11/h5-8H2,1-4H3/q+1. The molecule has 0 aliphatic carbocycles. The normalized spacial score (nSPS) is 21.4. The molecule has 13 heavy (non-hydrogen) atoms. The molecule has 0 unspecified atom stereocenters. The fourth-order valence-electron chi connectivity index (χ4n) is 1.48. The molecule has 0 bridgehead atoms. The third-order valence-electron chi connectivity index (χ3n) is 2.60. The number of amides is 2. The maximum absolute atomic E-state index is 11.6. The lowest BCUT2D eigenvalue weighted by Gasteiger charge is -2.39. The number of hydrogen-bond acceptors (Lipinski definition) is 1. The van der Waals surface area contributed by atoms with E-state index in [1.54, 1.807) is 19.0 Å². The summed E-state index contributed by atoms with van der Waals surface area (Å²) in [6.45, 7) is 3.87. The SMILES string of the molecule is CN(C)C(=O)N1CC[N+](C)(C)CC1. The van der Waals surface area contributed by atoms with Crippen molar-refractivity contribution in [2.75, 3.05) is 54.4 Å². The molecule has 1 heterocycles. The Labute approximate surface area is 80.3 Å². The average Bonchev–Trinajstić information content (AvgIpc) is 2.03. The van der Waals surface area contributed by atoms with Crippen molar-refractivity contribution in [3.05, 3.63) is 0 Å². The van der Waals surface area contributed by atoms with Crippen LogP contribution in [0.2, 0.25) is 0 Å². The Kier molecular flexibility index (Phi) is 2.81. The first kappa shape index (κ1) is 10.3. The zero-order chi connectivity index (χ0) is 10.1. The predicted molar refractivity (Wildman–Crippen MR) is 52.5 cm³/mol. The molecule has 4 nitrogen and oxygen atoms in total. The van der Waals surface area contributed by atoms with Crippen molar-refractivity contribution in [1.29, 1.82) is 0 Å². The fraction of sp³-hybridized carbons (Fsp3) is 0.889. The molecule has 0 radical (unpaired) electrons. The molecular formula is C9H20N3O+. The van der Waals surface area contributed by atoms with Gasteiger partial charge in [-0.25, -0.2) is 4.79 Å². The monoisotopic (exact) mass is 186 g/mol. The Morgan fingerprint density at radius 1 is 1.23 bits per heavy atom. The van der Waals surface area contributed by atoms with Crippen LogP contribution in [0.25, 0.3) is 0 Å². The van der Waals surface area contributed by atoms with Gasteiger partial charge in [-0.1, -0.05) is 0 Å². The quantitative estimate of drug-likeness (QED) is 0.491. The van der Waals surface area contributed by atoms with Crippen molar-refractivity contribution < 1.29 is 9.28 Å². The van der Waals surface area contributed by atoms with Crippen LogP contribution in [0.1, 0.15) is 0 Å². The number of piperazine rings is 1. The van der Waals surface area contributed by atoms with Gasteiger partial charge in [-0.3, -0.25) is 0 Å². The van der Waals surface area contributed by atoms with E-state index in [0.29, 0.717) is 0 Å². The highest BCUT2D eigenvalue weighted by atomic mass is 16.2. The highest BCUT2D eigenvalue weighted by Gasteiger charge is 2.27. The molecule has 0 aromatic heterocycles. The molecule has 4 heteroatoms. The van der Waals surface area contributed by atoms with Crippen LogP contribution in [-0.4, -0.2) is 74.7 Å². The van der Waals surface area contributed by atoms with Crippen LogP contribution in [-0.2, 0) is 0 Å². The molecule has 0 aromatic carbocycles. The minimum atomic E-state index is 0.139. The van der Waals surface area contributed by atoms with Crippen molar-refractivity contribution >= 4 is 6.03 Å². The topological polar surface area (TPSA) is 23.6 Å². The molecule has 1 rings (SSSR count). The fourth-order valence-corrected chi connectivity index (χ4v) is 1.48. The van der Waals surface area contributed by atoms with Gasteiger partial charge in [0.05, 0.1) is 40.3 Å². The molecule has 0 N–H and O–H groups in total. The second-order valence-electron chi connectivity index (χ2n) is 4.55. The van der Waals surface area contributed by atoms with E-state index in [4.69, 9.17) is 0 Å². The summed E-state index contributed by atoms with van der Waals surface area (Å²) in [7, 11) is 8.02. The second-order valence-corrected chi connectivity index (χ2v) is 4.55. The molecule has 1 saturated heterocycles. The molecule has 0 atom stereocenters. The Morgan fingerprint density at radius 2 is 1.69 bits per heavy atom. The van der Waals surface area contributed by atoms with Gasteiger partial charge in [0.2, 0.25) is 0 Å². The van der Waals surface area contributed by atoms with Crippen LogP contribution in [0.5, 0.6) is 0 Å². The van der Waals surface area contributed by atoms with Gasteiger partial charge >= 0.3 is 6.03 Å². The van der Waals surface area contributed by atoms with E-state index in [-0.39, 0.29) is 6.03 Å². The summed E-state index contributed by atoms with van der Waals surface area (Å²) < 4.78 is 1.03. The maximum atomic E-state index is 11.6. The summed E-state index contributed by atoms with van der Waals surface area (Å²) in [4.78, 5) is 15.1. The number of carbonyl (C=O) groups is 1. The zero-order valence-electron chi connectivity index (χ0n) is 9.08. The number of likely N-dealkylation sites (N-methyl/N-ethyl adjacent to an activating group) is 1. The summed E-state index contributed by atoms with van der Waals surface area (Å²) in [5.74, 6) is 0. The van der Waals surface area contributed by atoms with Crippen molar-refractivity contribution in [1.82, 2.24) is 9.80 Å². The summed E-state index contributed by atoms with van der Waals surface area (Å²) >= 11 is 0. The van der Waals surface area contributed by atoms with Gasteiger partial charge in [-0.15, -0.1) is 0 Å². The van der Waals surface area contributed by atoms with Gasteiger partial charge in [0.25, 0.3) is 0 Å². The first-order chi connectivity index (χ1) is 5.92. The highest BCUT2D eigenvalue weighted by Crippen LogP contribution is 2.07. The average molecular weight is 186 g/mol. The molecule has 1 aliphatic heterocycles. The highest BCUT2D eigenvalue weighted by molar-refractivity contribution is 5.73. The van der Waals surface area contributed by atoms with Crippen LogP contribution in [0.4, 0.5) is 4.79 Å². The van der Waals surface area contributed by atoms with Gasteiger partial charge in [-0.05, 0) is 0 Å². The van der Waals surface area contributed by atoms with Gasteiger partial charge in [-0.2, -0.15) is 0 Å². The van der Waals surface area contributed by atoms with Crippen LogP contribution >= 0.6 is 0 Å². The van der Waals surface area contributed by atoms with E-state index in [0.717, 1.165) is 30.7 Å². The van der Waals surface area contributed by atoms with Crippen LogP contribution in [0.3, 0.4) is 0 Å². The van der Waals surface area contributed by atoms with E-state index >= 15 is 0 Å². The Morgan fingerprint density at radius 3 is 2.08 bits per heavy atom. The molecule has 0 aromatic rings. The van der Waals surface area contributed by atoms with E-state index < -0.39 is 0 Å². The number of nitrogens with zero attached hydrogens (tertiary/aromatic N) is 3. The molecule has 1 aliphatic rings.